The Morgan fingerprint density at radius 3 is 2.17 bits per heavy atom. The fraction of sp³-hybridized carbons (Fsp3) is 0.100. The van der Waals surface area contributed by atoms with Crippen molar-refractivity contribution in [1.82, 2.24) is 0 Å². The van der Waals surface area contributed by atoms with Gasteiger partial charge >= 0.3 is 10.1 Å². The fourth-order valence-corrected chi connectivity index (χ4v) is 1.56. The molecule has 8 heteroatoms. The first-order chi connectivity index (χ1) is 8.34. The van der Waals surface area contributed by atoms with Crippen molar-refractivity contribution in [1.29, 1.82) is 0 Å². The predicted octanol–water partition coefficient (Wildman–Crippen LogP) is 1.60. The molecule has 98 valence electrons. The van der Waals surface area contributed by atoms with Crippen LogP contribution in [0.15, 0.2) is 41.3 Å². The van der Waals surface area contributed by atoms with Crippen LogP contribution in [0.5, 0.6) is 0 Å². The summed E-state index contributed by atoms with van der Waals surface area (Å²) in [6.45, 7) is 1.80. The highest BCUT2D eigenvalue weighted by atomic mass is 32.2. The zero-order chi connectivity index (χ0) is 14.2. The summed E-state index contributed by atoms with van der Waals surface area (Å²) in [7, 11) is -4.52. The van der Waals surface area contributed by atoms with Crippen LogP contribution < -0.4 is 0 Å². The summed E-state index contributed by atoms with van der Waals surface area (Å²) in [5, 5.41) is 10.3. The maximum Gasteiger partial charge on any atom is 0.301 e. The number of hydrogen-bond donors (Lipinski definition) is 1. The van der Waals surface area contributed by atoms with Crippen LogP contribution in [0, 0.1) is 10.1 Å². The summed E-state index contributed by atoms with van der Waals surface area (Å²) in [5.74, 6) is 0. The molecule has 0 heterocycles. The van der Waals surface area contributed by atoms with Crippen LogP contribution in [0.1, 0.15) is 6.92 Å². The minimum absolute atomic E-state index is 0.634. The smallest absolute Gasteiger partial charge is 0.299 e. The minimum atomic E-state index is -4.52. The second-order valence-corrected chi connectivity index (χ2v) is 4.25. The van der Waals surface area contributed by atoms with Gasteiger partial charge in [0.2, 0.25) is 0 Å². The van der Waals surface area contributed by atoms with Gasteiger partial charge in [-0.25, -0.2) is 0 Å². The Kier molecular flexibility index (Phi) is 6.47. The lowest BCUT2D eigenvalue weighted by atomic mass is 10.3. The van der Waals surface area contributed by atoms with Crippen LogP contribution in [0.3, 0.4) is 0 Å². The zero-order valence-electron chi connectivity index (χ0n) is 9.39. The topological polar surface area (TPSA) is 115 Å². The quantitative estimate of drug-likeness (QED) is 0.294. The standard InChI is InChI=1S/C6H5NO5S.C4H6O/c8-7(9)5-3-1-2-4-6(5)13(10,11)12;1-2-3-4-5/h1-4H,(H,10,11,12);2-4H,1H3/b;3-2+. The molecule has 0 amide bonds. The summed E-state index contributed by atoms with van der Waals surface area (Å²) in [5.41, 5.74) is -0.634. The van der Waals surface area contributed by atoms with E-state index in [9.17, 15) is 23.3 Å². The molecule has 0 radical (unpaired) electrons. The average molecular weight is 273 g/mol. The number of nitro groups is 1. The molecule has 0 aromatic heterocycles. The van der Waals surface area contributed by atoms with E-state index in [1.54, 1.807) is 13.0 Å². The number of aldehydes is 1. The van der Waals surface area contributed by atoms with Crippen molar-refractivity contribution >= 4 is 22.1 Å². The lowest BCUT2D eigenvalue weighted by Crippen LogP contribution is -2.02. The monoisotopic (exact) mass is 273 g/mol. The van der Waals surface area contributed by atoms with Crippen LogP contribution in [0.4, 0.5) is 5.69 Å². The second-order valence-electron chi connectivity index (χ2n) is 2.86. The summed E-state index contributed by atoms with van der Waals surface area (Å²) in [6.07, 6.45) is 3.88. The van der Waals surface area contributed by atoms with E-state index in [0.29, 0.717) is 0 Å². The van der Waals surface area contributed by atoms with E-state index in [4.69, 9.17) is 4.55 Å². The number of benzene rings is 1. The van der Waals surface area contributed by atoms with Gasteiger partial charge in [0, 0.05) is 6.07 Å². The number of carbonyl (C=O) groups excluding carboxylic acids is 1. The maximum absolute atomic E-state index is 10.6. The fourth-order valence-electron chi connectivity index (χ4n) is 0.905. The van der Waals surface area contributed by atoms with E-state index in [0.717, 1.165) is 18.4 Å². The Labute approximate surface area is 104 Å². The van der Waals surface area contributed by atoms with Crippen molar-refractivity contribution in [3.05, 3.63) is 46.5 Å². The first-order valence-electron chi connectivity index (χ1n) is 4.62. The van der Waals surface area contributed by atoms with Crippen LogP contribution in [0.25, 0.3) is 0 Å². The normalized spacial score (nSPS) is 10.6. The molecule has 7 nitrogen and oxygen atoms in total. The highest BCUT2D eigenvalue weighted by Gasteiger charge is 2.22. The largest absolute Gasteiger partial charge is 0.301 e. The number of para-hydroxylation sites is 1. The van der Waals surface area contributed by atoms with Crippen LogP contribution in [-0.2, 0) is 14.9 Å². The van der Waals surface area contributed by atoms with Gasteiger partial charge in [-0.05, 0) is 19.1 Å². The number of allylic oxidation sites excluding steroid dienone is 2. The molecule has 0 aliphatic heterocycles. The van der Waals surface area contributed by atoms with Crippen molar-refractivity contribution < 1.29 is 22.7 Å². The Morgan fingerprint density at radius 1 is 1.33 bits per heavy atom. The highest BCUT2D eigenvalue weighted by molar-refractivity contribution is 7.86. The van der Waals surface area contributed by atoms with Gasteiger partial charge in [-0.1, -0.05) is 18.2 Å². The minimum Gasteiger partial charge on any atom is -0.299 e. The molecule has 0 bridgehead atoms. The average Bonchev–Trinajstić information content (AvgIpc) is 2.30. The molecular formula is C10H11NO6S. The van der Waals surface area contributed by atoms with E-state index in [2.05, 4.69) is 0 Å². The third-order valence-electron chi connectivity index (χ3n) is 1.61. The number of nitrogens with zero attached hydrogens (tertiary/aromatic N) is 1. The lowest BCUT2D eigenvalue weighted by molar-refractivity contribution is -0.387. The molecule has 0 aliphatic rings. The first kappa shape index (κ1) is 15.9. The van der Waals surface area contributed by atoms with Crippen molar-refractivity contribution in [2.45, 2.75) is 11.8 Å². The van der Waals surface area contributed by atoms with Crippen molar-refractivity contribution in [2.75, 3.05) is 0 Å². The molecule has 1 aromatic rings. The first-order valence-corrected chi connectivity index (χ1v) is 6.06. The molecule has 0 saturated carbocycles. The second kappa shape index (κ2) is 7.30. The zero-order valence-corrected chi connectivity index (χ0v) is 10.2. The van der Waals surface area contributed by atoms with Gasteiger partial charge in [0.15, 0.2) is 4.90 Å². The van der Waals surface area contributed by atoms with E-state index in [1.165, 1.54) is 18.2 Å². The Hall–Kier alpha value is -2.06. The van der Waals surface area contributed by atoms with Gasteiger partial charge in [-0.3, -0.25) is 19.5 Å². The lowest BCUT2D eigenvalue weighted by Gasteiger charge is -1.97. The molecule has 1 N–H and O–H groups in total. The summed E-state index contributed by atoms with van der Waals surface area (Å²) in [4.78, 5) is 18.1. The van der Waals surface area contributed by atoms with Gasteiger partial charge < -0.3 is 0 Å². The van der Waals surface area contributed by atoms with Crippen molar-refractivity contribution in [3.8, 4) is 0 Å². The third kappa shape index (κ3) is 5.32. The molecule has 0 unspecified atom stereocenters. The van der Waals surface area contributed by atoms with Gasteiger partial charge in [0.25, 0.3) is 5.69 Å². The Bertz CT molecular complexity index is 549. The van der Waals surface area contributed by atoms with Gasteiger partial charge in [0.05, 0.1) is 4.92 Å². The van der Waals surface area contributed by atoms with Crippen LogP contribution in [0.2, 0.25) is 0 Å². The van der Waals surface area contributed by atoms with Crippen molar-refractivity contribution in [2.24, 2.45) is 0 Å². The number of hydrogen-bond acceptors (Lipinski definition) is 5. The van der Waals surface area contributed by atoms with E-state index in [-0.39, 0.29) is 0 Å². The summed E-state index contributed by atoms with van der Waals surface area (Å²) < 4.78 is 29.8. The molecular weight excluding hydrogens is 262 g/mol. The van der Waals surface area contributed by atoms with Gasteiger partial charge in [-0.2, -0.15) is 8.42 Å². The molecule has 0 saturated heterocycles. The van der Waals surface area contributed by atoms with E-state index < -0.39 is 25.6 Å². The van der Waals surface area contributed by atoms with Crippen LogP contribution >= 0.6 is 0 Å². The van der Waals surface area contributed by atoms with E-state index in [1.807, 2.05) is 0 Å². The molecule has 0 spiro atoms. The molecule has 0 aliphatic carbocycles. The maximum atomic E-state index is 10.6. The number of carbonyl (C=O) groups is 1. The molecule has 18 heavy (non-hydrogen) atoms. The predicted molar refractivity (Wildman–Crippen MR) is 63.8 cm³/mol. The number of nitro benzene ring substituents is 1. The molecule has 1 aromatic carbocycles. The SMILES string of the molecule is C/C=C/C=O.O=[N+]([O-])c1ccccc1S(=O)(=O)O. The molecule has 1 rings (SSSR count). The van der Waals surface area contributed by atoms with Crippen LogP contribution in [-0.4, -0.2) is 24.2 Å². The Balaban J connectivity index is 0.000000494. The van der Waals surface area contributed by atoms with Gasteiger partial charge in [-0.15, -0.1) is 0 Å². The summed E-state index contributed by atoms with van der Waals surface area (Å²) in [6, 6.07) is 4.57. The highest BCUT2D eigenvalue weighted by Crippen LogP contribution is 2.21. The van der Waals surface area contributed by atoms with Gasteiger partial charge in [0.1, 0.15) is 6.29 Å². The molecule has 0 atom stereocenters. The third-order valence-corrected chi connectivity index (χ3v) is 2.51. The Morgan fingerprint density at radius 2 is 1.89 bits per heavy atom. The molecule has 0 fully saturated rings. The summed E-state index contributed by atoms with van der Waals surface area (Å²) >= 11 is 0. The van der Waals surface area contributed by atoms with E-state index >= 15 is 0 Å². The number of rotatable bonds is 3. The van der Waals surface area contributed by atoms with Crippen molar-refractivity contribution in [3.63, 3.8) is 0 Å².